The Kier molecular flexibility index (Phi) is 5.41. The second kappa shape index (κ2) is 7.07. The monoisotopic (exact) mass is 275 g/mol. The van der Waals surface area contributed by atoms with Crippen molar-refractivity contribution in [2.24, 2.45) is 5.92 Å². The molecule has 0 radical (unpaired) electrons. The zero-order valence-electron chi connectivity index (χ0n) is 13.4. The maximum Gasteiger partial charge on any atom is 0.128 e. The third-order valence-electron chi connectivity index (χ3n) is 4.64. The molecule has 20 heavy (non-hydrogen) atoms. The Morgan fingerprint density at radius 1 is 1.25 bits per heavy atom. The Hall–Kier alpha value is -1.09. The maximum atomic E-state index is 4.81. The number of nitrogens with one attached hydrogen (secondary N) is 1. The van der Waals surface area contributed by atoms with Crippen molar-refractivity contribution in [2.75, 3.05) is 18.5 Å². The van der Waals surface area contributed by atoms with E-state index in [1.807, 2.05) is 0 Å². The van der Waals surface area contributed by atoms with Gasteiger partial charge in [0.1, 0.15) is 5.82 Å². The fourth-order valence-electron chi connectivity index (χ4n) is 3.04. The summed E-state index contributed by atoms with van der Waals surface area (Å²) < 4.78 is 0. The van der Waals surface area contributed by atoms with Gasteiger partial charge < -0.3 is 10.2 Å². The van der Waals surface area contributed by atoms with Crippen molar-refractivity contribution >= 4 is 5.82 Å². The number of hydrogen-bond donors (Lipinski definition) is 1. The molecule has 1 fully saturated rings. The summed E-state index contributed by atoms with van der Waals surface area (Å²) in [4.78, 5) is 7.19. The SMILES string of the molecule is CCNCc1ccc(N(C)C2CCC(C)CC2)nc1C. The molecule has 1 N–H and O–H groups in total. The van der Waals surface area contributed by atoms with Gasteiger partial charge in [0.05, 0.1) is 0 Å². The molecule has 3 nitrogen and oxygen atoms in total. The molecule has 0 aromatic carbocycles. The Morgan fingerprint density at radius 2 is 1.95 bits per heavy atom. The molecule has 1 heterocycles. The van der Waals surface area contributed by atoms with Crippen LogP contribution in [0.5, 0.6) is 0 Å². The van der Waals surface area contributed by atoms with Gasteiger partial charge in [0.25, 0.3) is 0 Å². The Labute approximate surface area is 123 Å². The van der Waals surface area contributed by atoms with Crippen LogP contribution in [0.25, 0.3) is 0 Å². The van der Waals surface area contributed by atoms with Crippen LogP contribution in [0.1, 0.15) is 50.8 Å². The highest BCUT2D eigenvalue weighted by atomic mass is 15.2. The van der Waals surface area contributed by atoms with Gasteiger partial charge in [0.2, 0.25) is 0 Å². The topological polar surface area (TPSA) is 28.2 Å². The summed E-state index contributed by atoms with van der Waals surface area (Å²) in [6.07, 6.45) is 5.31. The molecule has 3 heteroatoms. The largest absolute Gasteiger partial charge is 0.357 e. The molecule has 2 rings (SSSR count). The molecule has 112 valence electrons. The van der Waals surface area contributed by atoms with Crippen molar-refractivity contribution < 1.29 is 0 Å². The highest BCUT2D eigenvalue weighted by Gasteiger charge is 2.22. The van der Waals surface area contributed by atoms with Crippen molar-refractivity contribution in [1.29, 1.82) is 0 Å². The van der Waals surface area contributed by atoms with E-state index in [9.17, 15) is 0 Å². The lowest BCUT2D eigenvalue weighted by atomic mass is 9.87. The normalized spacial score (nSPS) is 22.8. The van der Waals surface area contributed by atoms with Crippen molar-refractivity contribution in [3.63, 3.8) is 0 Å². The summed E-state index contributed by atoms with van der Waals surface area (Å²) in [7, 11) is 2.20. The van der Waals surface area contributed by atoms with E-state index in [4.69, 9.17) is 4.98 Å². The number of aromatic nitrogens is 1. The first kappa shape index (κ1) is 15.3. The van der Waals surface area contributed by atoms with Crippen LogP contribution in [0.3, 0.4) is 0 Å². The van der Waals surface area contributed by atoms with Gasteiger partial charge >= 0.3 is 0 Å². The molecule has 0 amide bonds. The van der Waals surface area contributed by atoms with Crippen LogP contribution in [0.4, 0.5) is 5.82 Å². The predicted molar refractivity (Wildman–Crippen MR) is 86.2 cm³/mol. The van der Waals surface area contributed by atoms with Gasteiger partial charge in [-0.25, -0.2) is 4.98 Å². The third-order valence-corrected chi connectivity index (χ3v) is 4.64. The van der Waals surface area contributed by atoms with Crippen molar-refractivity contribution in [2.45, 2.75) is 59.0 Å². The quantitative estimate of drug-likeness (QED) is 0.891. The van der Waals surface area contributed by atoms with E-state index in [1.165, 1.54) is 31.2 Å². The number of rotatable bonds is 5. The molecule has 0 bridgehead atoms. The zero-order valence-corrected chi connectivity index (χ0v) is 13.4. The Morgan fingerprint density at radius 3 is 2.55 bits per heavy atom. The lowest BCUT2D eigenvalue weighted by Gasteiger charge is -2.34. The average molecular weight is 275 g/mol. The van der Waals surface area contributed by atoms with Gasteiger partial charge in [-0.1, -0.05) is 19.9 Å². The molecular formula is C17H29N3. The van der Waals surface area contributed by atoms with Crippen LogP contribution in [0.2, 0.25) is 0 Å². The van der Waals surface area contributed by atoms with Gasteiger partial charge in [-0.05, 0) is 56.7 Å². The van der Waals surface area contributed by atoms with E-state index in [0.29, 0.717) is 6.04 Å². The molecule has 0 saturated heterocycles. The lowest BCUT2D eigenvalue weighted by molar-refractivity contribution is 0.340. The van der Waals surface area contributed by atoms with Crippen molar-refractivity contribution in [3.05, 3.63) is 23.4 Å². The van der Waals surface area contributed by atoms with Gasteiger partial charge in [-0.2, -0.15) is 0 Å². The van der Waals surface area contributed by atoms with E-state index in [0.717, 1.165) is 30.5 Å². The zero-order chi connectivity index (χ0) is 14.5. The van der Waals surface area contributed by atoms with Crippen LogP contribution in [0, 0.1) is 12.8 Å². The summed E-state index contributed by atoms with van der Waals surface area (Å²) in [6.45, 7) is 8.54. The molecule has 1 aromatic heterocycles. The van der Waals surface area contributed by atoms with Gasteiger partial charge in [0, 0.05) is 25.3 Å². The van der Waals surface area contributed by atoms with E-state index < -0.39 is 0 Å². The molecule has 1 saturated carbocycles. The molecular weight excluding hydrogens is 246 g/mol. The first-order valence-corrected chi connectivity index (χ1v) is 8.02. The number of aryl methyl sites for hydroxylation is 1. The third kappa shape index (κ3) is 3.72. The molecule has 0 atom stereocenters. The summed E-state index contributed by atoms with van der Waals surface area (Å²) in [6, 6.07) is 5.07. The molecule has 1 aromatic rings. The van der Waals surface area contributed by atoms with Crippen LogP contribution in [-0.4, -0.2) is 24.6 Å². The van der Waals surface area contributed by atoms with E-state index in [-0.39, 0.29) is 0 Å². The van der Waals surface area contributed by atoms with Crippen molar-refractivity contribution in [1.82, 2.24) is 10.3 Å². The van der Waals surface area contributed by atoms with Crippen LogP contribution in [-0.2, 0) is 6.54 Å². The predicted octanol–water partition coefficient (Wildman–Crippen LogP) is 3.51. The molecule has 0 spiro atoms. The van der Waals surface area contributed by atoms with Crippen LogP contribution >= 0.6 is 0 Å². The van der Waals surface area contributed by atoms with Crippen LogP contribution < -0.4 is 10.2 Å². The van der Waals surface area contributed by atoms with Gasteiger partial charge in [-0.3, -0.25) is 0 Å². The number of hydrogen-bond acceptors (Lipinski definition) is 3. The number of anilines is 1. The second-order valence-corrected chi connectivity index (χ2v) is 6.22. The fourth-order valence-corrected chi connectivity index (χ4v) is 3.04. The molecule has 0 aliphatic heterocycles. The summed E-state index contributed by atoms with van der Waals surface area (Å²) >= 11 is 0. The Balaban J connectivity index is 2.03. The number of pyridine rings is 1. The minimum atomic E-state index is 0.665. The lowest BCUT2D eigenvalue weighted by Crippen LogP contribution is -2.35. The maximum absolute atomic E-state index is 4.81. The van der Waals surface area contributed by atoms with Gasteiger partial charge in [-0.15, -0.1) is 0 Å². The standard InChI is InChI=1S/C17H29N3/c1-5-18-12-15-8-11-17(19-14(15)3)20(4)16-9-6-13(2)7-10-16/h8,11,13,16,18H,5-7,9-10,12H2,1-4H3. The fraction of sp³-hybridized carbons (Fsp3) is 0.706. The minimum absolute atomic E-state index is 0.665. The first-order valence-electron chi connectivity index (χ1n) is 8.02. The molecule has 1 aliphatic rings. The van der Waals surface area contributed by atoms with E-state index >= 15 is 0 Å². The highest BCUT2D eigenvalue weighted by Crippen LogP contribution is 2.28. The smallest absolute Gasteiger partial charge is 0.128 e. The minimum Gasteiger partial charge on any atom is -0.357 e. The molecule has 0 unspecified atom stereocenters. The number of nitrogens with zero attached hydrogens (tertiary/aromatic N) is 2. The van der Waals surface area contributed by atoms with Gasteiger partial charge in [0.15, 0.2) is 0 Å². The summed E-state index contributed by atoms with van der Waals surface area (Å²) in [5.41, 5.74) is 2.46. The van der Waals surface area contributed by atoms with E-state index in [1.54, 1.807) is 0 Å². The molecule has 1 aliphatic carbocycles. The van der Waals surface area contributed by atoms with Crippen molar-refractivity contribution in [3.8, 4) is 0 Å². The summed E-state index contributed by atoms with van der Waals surface area (Å²) in [5, 5.41) is 3.37. The average Bonchev–Trinajstić information content (AvgIpc) is 2.46. The summed E-state index contributed by atoms with van der Waals surface area (Å²) in [5.74, 6) is 2.03. The highest BCUT2D eigenvalue weighted by molar-refractivity contribution is 5.42. The first-order chi connectivity index (χ1) is 9.61. The Bertz CT molecular complexity index is 422. The van der Waals surface area contributed by atoms with E-state index in [2.05, 4.69) is 50.2 Å². The second-order valence-electron chi connectivity index (χ2n) is 6.22. The van der Waals surface area contributed by atoms with Crippen LogP contribution in [0.15, 0.2) is 12.1 Å².